The Labute approximate surface area is 210 Å². The lowest BCUT2D eigenvalue weighted by Crippen LogP contribution is -2.59. The van der Waals surface area contributed by atoms with Gasteiger partial charge in [-0.1, -0.05) is 41.0 Å². The van der Waals surface area contributed by atoms with E-state index in [0.29, 0.717) is 14.9 Å². The Morgan fingerprint density at radius 3 is 2.56 bits per heavy atom. The van der Waals surface area contributed by atoms with Crippen molar-refractivity contribution in [3.8, 4) is 0 Å². The molecular formula is C21H25Cl2N5O5S. The van der Waals surface area contributed by atoms with E-state index in [1.54, 1.807) is 43.9 Å². The largest absolute Gasteiger partial charge is 0.480 e. The SMILES string of the molecule is Cn1c(N2CCN(C(=O)OC(C)(C)C)[C@H](C(=O)O)C2)nc(N)c(Sc2cccc(Cl)c2Cl)c1=O. The minimum absolute atomic E-state index is 0.0272. The number of carbonyl (C=O) groups excluding carboxylic acids is 1. The molecule has 13 heteroatoms. The average molecular weight is 530 g/mol. The van der Waals surface area contributed by atoms with Crippen LogP contribution in [0.3, 0.4) is 0 Å². The molecule has 3 N–H and O–H groups in total. The van der Waals surface area contributed by atoms with Gasteiger partial charge in [0.1, 0.15) is 16.3 Å². The maximum atomic E-state index is 13.1. The lowest BCUT2D eigenvalue weighted by Gasteiger charge is -2.40. The molecule has 3 rings (SSSR count). The van der Waals surface area contributed by atoms with Crippen LogP contribution in [0.15, 0.2) is 32.8 Å². The summed E-state index contributed by atoms with van der Waals surface area (Å²) in [5.74, 6) is -1.03. The smallest absolute Gasteiger partial charge is 0.411 e. The molecule has 10 nitrogen and oxygen atoms in total. The fourth-order valence-corrected chi connectivity index (χ4v) is 4.77. The van der Waals surface area contributed by atoms with Gasteiger partial charge in [0, 0.05) is 25.0 Å². The Balaban J connectivity index is 1.89. The van der Waals surface area contributed by atoms with Crippen LogP contribution in [0.1, 0.15) is 20.8 Å². The summed E-state index contributed by atoms with van der Waals surface area (Å²) in [4.78, 5) is 45.4. The predicted octanol–water partition coefficient (Wildman–Crippen LogP) is 3.33. The number of halogens is 2. The van der Waals surface area contributed by atoms with E-state index in [1.807, 2.05) is 0 Å². The van der Waals surface area contributed by atoms with Crippen LogP contribution in [-0.2, 0) is 16.6 Å². The zero-order chi connectivity index (χ0) is 25.4. The molecule has 1 aliphatic heterocycles. The average Bonchev–Trinajstić information content (AvgIpc) is 2.75. The van der Waals surface area contributed by atoms with Gasteiger partial charge in [-0.25, -0.2) is 9.59 Å². The number of aliphatic carboxylic acids is 1. The van der Waals surface area contributed by atoms with Crippen LogP contribution in [0, 0.1) is 0 Å². The molecule has 2 heterocycles. The number of carbonyl (C=O) groups is 2. The first-order valence-electron chi connectivity index (χ1n) is 10.3. The van der Waals surface area contributed by atoms with Crippen molar-refractivity contribution in [3.05, 3.63) is 38.6 Å². The summed E-state index contributed by atoms with van der Waals surface area (Å²) in [5, 5.41) is 10.4. The summed E-state index contributed by atoms with van der Waals surface area (Å²) >= 11 is 13.3. The molecule has 0 aliphatic carbocycles. The molecule has 0 radical (unpaired) electrons. The number of rotatable bonds is 4. The van der Waals surface area contributed by atoms with Crippen molar-refractivity contribution in [2.75, 3.05) is 30.3 Å². The van der Waals surface area contributed by atoms with Crippen LogP contribution in [0.4, 0.5) is 16.6 Å². The maximum absolute atomic E-state index is 13.1. The van der Waals surface area contributed by atoms with Crippen LogP contribution in [0.2, 0.25) is 10.0 Å². The number of hydrogen-bond acceptors (Lipinski definition) is 8. The highest BCUT2D eigenvalue weighted by Crippen LogP contribution is 2.37. The highest BCUT2D eigenvalue weighted by atomic mass is 35.5. The van der Waals surface area contributed by atoms with Crippen LogP contribution in [-0.4, -0.2) is 62.9 Å². The van der Waals surface area contributed by atoms with Crippen molar-refractivity contribution >= 4 is 58.8 Å². The lowest BCUT2D eigenvalue weighted by molar-refractivity contribution is -0.143. The van der Waals surface area contributed by atoms with Crippen LogP contribution >= 0.6 is 35.0 Å². The number of ether oxygens (including phenoxy) is 1. The molecule has 1 aromatic carbocycles. The highest BCUT2D eigenvalue weighted by Gasteiger charge is 2.38. The van der Waals surface area contributed by atoms with E-state index >= 15 is 0 Å². The topological polar surface area (TPSA) is 131 Å². The van der Waals surface area contributed by atoms with E-state index in [9.17, 15) is 19.5 Å². The van der Waals surface area contributed by atoms with Gasteiger partial charge in [-0.3, -0.25) is 14.3 Å². The number of piperazine rings is 1. The zero-order valence-corrected chi connectivity index (χ0v) is 21.4. The summed E-state index contributed by atoms with van der Waals surface area (Å²) in [6, 6.07) is 3.85. The number of carboxylic acids is 1. The Bertz CT molecular complexity index is 1180. The lowest BCUT2D eigenvalue weighted by atomic mass is 10.1. The van der Waals surface area contributed by atoms with Crippen LogP contribution in [0.25, 0.3) is 0 Å². The molecule has 0 unspecified atom stereocenters. The minimum Gasteiger partial charge on any atom is -0.480 e. The second-order valence-corrected chi connectivity index (χ2v) is 10.5. The number of nitrogens with two attached hydrogens (primary N) is 1. The van der Waals surface area contributed by atoms with Gasteiger partial charge in [0.25, 0.3) is 5.56 Å². The molecule has 0 bridgehead atoms. The molecule has 34 heavy (non-hydrogen) atoms. The number of aromatic nitrogens is 2. The summed E-state index contributed by atoms with van der Waals surface area (Å²) in [7, 11) is 1.52. The highest BCUT2D eigenvalue weighted by molar-refractivity contribution is 7.99. The van der Waals surface area contributed by atoms with E-state index in [2.05, 4.69) is 4.98 Å². The zero-order valence-electron chi connectivity index (χ0n) is 19.0. The Kier molecular flexibility index (Phi) is 7.59. The summed E-state index contributed by atoms with van der Waals surface area (Å²) < 4.78 is 6.63. The first-order chi connectivity index (χ1) is 15.8. The quantitative estimate of drug-likeness (QED) is 0.611. The Morgan fingerprint density at radius 1 is 1.26 bits per heavy atom. The van der Waals surface area contributed by atoms with E-state index in [4.69, 9.17) is 33.7 Å². The number of anilines is 2. The van der Waals surface area contributed by atoms with Crippen LogP contribution in [0.5, 0.6) is 0 Å². The second kappa shape index (κ2) is 9.93. The standard InChI is InChI=1S/C21H25Cl2N5O5S/c1-21(2,3)33-20(32)28-9-8-27(10-12(28)18(30)31)19-25-16(24)15(17(29)26(19)4)34-13-7-5-6-11(22)14(13)23/h5-7,12H,8-10,24H2,1-4H3,(H,30,31)/t12-/m0/s1. The number of hydrogen-bond donors (Lipinski definition) is 2. The Morgan fingerprint density at radius 2 is 1.94 bits per heavy atom. The van der Waals surface area contributed by atoms with Gasteiger partial charge in [-0.05, 0) is 32.9 Å². The molecule has 1 aromatic heterocycles. The number of nitrogen functional groups attached to an aromatic ring is 1. The fraction of sp³-hybridized carbons (Fsp3) is 0.429. The van der Waals surface area contributed by atoms with Gasteiger partial charge in [-0.15, -0.1) is 0 Å². The van der Waals surface area contributed by atoms with Gasteiger partial charge in [0.05, 0.1) is 16.6 Å². The third-order valence-electron chi connectivity index (χ3n) is 4.96. The summed E-state index contributed by atoms with van der Waals surface area (Å²) in [6.07, 6.45) is -0.717. The van der Waals surface area contributed by atoms with Gasteiger partial charge in [0.15, 0.2) is 6.04 Å². The van der Waals surface area contributed by atoms with Gasteiger partial charge in [0.2, 0.25) is 5.95 Å². The van der Waals surface area contributed by atoms with Crippen molar-refractivity contribution in [1.82, 2.24) is 14.5 Å². The second-order valence-electron chi connectivity index (χ2n) is 8.62. The number of benzene rings is 1. The molecule has 1 fully saturated rings. The van der Waals surface area contributed by atoms with Gasteiger partial charge in [-0.2, -0.15) is 4.98 Å². The monoisotopic (exact) mass is 529 g/mol. The van der Waals surface area contributed by atoms with Crippen molar-refractivity contribution in [2.45, 2.75) is 42.2 Å². The normalized spacial score (nSPS) is 16.5. The van der Waals surface area contributed by atoms with Gasteiger partial charge >= 0.3 is 12.1 Å². The van der Waals surface area contributed by atoms with E-state index in [0.717, 1.165) is 16.7 Å². The minimum atomic E-state index is -1.20. The number of amides is 1. The van der Waals surface area contributed by atoms with Crippen molar-refractivity contribution < 1.29 is 19.4 Å². The molecule has 1 aliphatic rings. The fourth-order valence-electron chi connectivity index (χ4n) is 3.35. The summed E-state index contributed by atoms with van der Waals surface area (Å²) in [5.41, 5.74) is 4.93. The van der Waals surface area contributed by atoms with Crippen LogP contribution < -0.4 is 16.2 Å². The number of nitrogens with zero attached hydrogens (tertiary/aromatic N) is 4. The molecule has 2 aromatic rings. The third kappa shape index (κ3) is 5.53. The van der Waals surface area contributed by atoms with Gasteiger partial charge < -0.3 is 20.5 Å². The van der Waals surface area contributed by atoms with E-state index in [-0.39, 0.29) is 36.3 Å². The Hall–Kier alpha value is -2.63. The van der Waals surface area contributed by atoms with Crippen molar-refractivity contribution in [3.63, 3.8) is 0 Å². The molecule has 1 saturated heterocycles. The summed E-state index contributed by atoms with van der Waals surface area (Å²) in [6.45, 7) is 5.31. The third-order valence-corrected chi connectivity index (χ3v) is 7.04. The molecule has 0 saturated carbocycles. The van der Waals surface area contributed by atoms with E-state index < -0.39 is 29.3 Å². The first-order valence-corrected chi connectivity index (χ1v) is 11.8. The molecular weight excluding hydrogens is 505 g/mol. The van der Waals surface area contributed by atoms with E-state index in [1.165, 1.54) is 11.6 Å². The maximum Gasteiger partial charge on any atom is 0.411 e. The van der Waals surface area contributed by atoms with Crippen molar-refractivity contribution in [1.29, 1.82) is 0 Å². The molecule has 1 amide bonds. The number of carboxylic acid groups (broad SMARTS) is 1. The first kappa shape index (κ1) is 26.0. The molecule has 184 valence electrons. The molecule has 1 atom stereocenters. The molecule has 0 spiro atoms. The predicted molar refractivity (Wildman–Crippen MR) is 131 cm³/mol. The van der Waals surface area contributed by atoms with Crippen molar-refractivity contribution in [2.24, 2.45) is 7.05 Å².